The van der Waals surface area contributed by atoms with Gasteiger partial charge >= 0.3 is 12.0 Å². The van der Waals surface area contributed by atoms with Crippen molar-refractivity contribution in [3.05, 3.63) is 35.6 Å². The van der Waals surface area contributed by atoms with Crippen LogP contribution in [0.2, 0.25) is 0 Å². The molecule has 2 N–H and O–H groups in total. The molecule has 116 valence electrons. The Morgan fingerprint density at radius 2 is 2.10 bits per heavy atom. The molecule has 0 spiro atoms. The molecule has 1 aromatic rings. The van der Waals surface area contributed by atoms with Crippen LogP contribution >= 0.6 is 0 Å². The summed E-state index contributed by atoms with van der Waals surface area (Å²) in [6.45, 7) is 3.64. The van der Waals surface area contributed by atoms with Gasteiger partial charge in [0.2, 0.25) is 0 Å². The first-order chi connectivity index (χ1) is 9.78. The van der Waals surface area contributed by atoms with Crippen molar-refractivity contribution in [2.24, 2.45) is 5.41 Å². The van der Waals surface area contributed by atoms with E-state index in [-0.39, 0.29) is 24.9 Å². The fourth-order valence-corrected chi connectivity index (χ4v) is 1.74. The van der Waals surface area contributed by atoms with Crippen molar-refractivity contribution in [2.75, 3.05) is 13.6 Å². The number of aliphatic carboxylic acids is 1. The number of rotatable bonds is 6. The van der Waals surface area contributed by atoms with E-state index in [0.717, 1.165) is 0 Å². The Morgan fingerprint density at radius 3 is 2.62 bits per heavy atom. The summed E-state index contributed by atoms with van der Waals surface area (Å²) in [4.78, 5) is 24.5. The Bertz CT molecular complexity index is 521. The van der Waals surface area contributed by atoms with E-state index in [1.54, 1.807) is 33.0 Å². The summed E-state index contributed by atoms with van der Waals surface area (Å²) in [6.07, 6.45) is 0.413. The van der Waals surface area contributed by atoms with Crippen molar-refractivity contribution in [3.63, 3.8) is 0 Å². The summed E-state index contributed by atoms with van der Waals surface area (Å²) in [5.74, 6) is -1.30. The number of amides is 2. The third-order valence-electron chi connectivity index (χ3n) is 3.58. The zero-order valence-corrected chi connectivity index (χ0v) is 12.5. The van der Waals surface area contributed by atoms with Gasteiger partial charge in [0, 0.05) is 20.1 Å². The minimum Gasteiger partial charge on any atom is -0.481 e. The monoisotopic (exact) mass is 296 g/mol. The number of nitrogens with one attached hydrogen (secondary N) is 1. The second-order valence-electron chi connectivity index (χ2n) is 5.36. The molecule has 5 nitrogen and oxygen atoms in total. The Balaban J connectivity index is 2.57. The molecular formula is C15H21FN2O3. The van der Waals surface area contributed by atoms with Gasteiger partial charge in [0.05, 0.1) is 5.41 Å². The van der Waals surface area contributed by atoms with Crippen LogP contribution in [-0.2, 0) is 11.3 Å². The van der Waals surface area contributed by atoms with Gasteiger partial charge < -0.3 is 15.3 Å². The standard InChI is InChI=1S/C15H21FN2O3/c1-4-15(2,13(19)20)10-17-14(21)18(3)9-11-6-5-7-12(16)8-11/h5-8H,4,9-10H2,1-3H3,(H,17,21)(H,19,20). The lowest BCUT2D eigenvalue weighted by Gasteiger charge is -2.25. The third kappa shape index (κ3) is 4.73. The van der Waals surface area contributed by atoms with Crippen LogP contribution in [0.1, 0.15) is 25.8 Å². The molecular weight excluding hydrogens is 275 g/mol. The zero-order chi connectivity index (χ0) is 16.0. The van der Waals surface area contributed by atoms with Crippen LogP contribution in [0.4, 0.5) is 9.18 Å². The fourth-order valence-electron chi connectivity index (χ4n) is 1.74. The summed E-state index contributed by atoms with van der Waals surface area (Å²) in [5, 5.41) is 11.7. The highest BCUT2D eigenvalue weighted by Gasteiger charge is 2.31. The first-order valence-electron chi connectivity index (χ1n) is 6.75. The molecule has 2 amide bonds. The van der Waals surface area contributed by atoms with Gasteiger partial charge in [-0.3, -0.25) is 4.79 Å². The van der Waals surface area contributed by atoms with Crippen LogP contribution in [0.3, 0.4) is 0 Å². The first kappa shape index (κ1) is 16.9. The molecule has 0 saturated heterocycles. The van der Waals surface area contributed by atoms with Gasteiger partial charge in [-0.25, -0.2) is 9.18 Å². The van der Waals surface area contributed by atoms with E-state index in [4.69, 9.17) is 5.11 Å². The van der Waals surface area contributed by atoms with Gasteiger partial charge in [-0.2, -0.15) is 0 Å². The van der Waals surface area contributed by atoms with Crippen LogP contribution in [0.25, 0.3) is 0 Å². The minimum atomic E-state index is -0.991. The van der Waals surface area contributed by atoms with E-state index >= 15 is 0 Å². The lowest BCUT2D eigenvalue weighted by atomic mass is 9.88. The van der Waals surface area contributed by atoms with Gasteiger partial charge in [-0.15, -0.1) is 0 Å². The summed E-state index contributed by atoms with van der Waals surface area (Å²) < 4.78 is 13.1. The topological polar surface area (TPSA) is 69.6 Å². The summed E-state index contributed by atoms with van der Waals surface area (Å²) in [5.41, 5.74) is -0.320. The normalized spacial score (nSPS) is 13.3. The van der Waals surface area contributed by atoms with Gasteiger partial charge in [-0.1, -0.05) is 19.1 Å². The summed E-state index contributed by atoms with van der Waals surface area (Å²) >= 11 is 0. The Morgan fingerprint density at radius 1 is 1.43 bits per heavy atom. The molecule has 21 heavy (non-hydrogen) atoms. The van der Waals surface area contributed by atoms with Crippen LogP contribution in [0.15, 0.2) is 24.3 Å². The maximum atomic E-state index is 13.1. The lowest BCUT2D eigenvalue weighted by molar-refractivity contribution is -0.147. The zero-order valence-electron chi connectivity index (χ0n) is 12.5. The first-order valence-corrected chi connectivity index (χ1v) is 6.75. The largest absolute Gasteiger partial charge is 0.481 e. The van der Waals surface area contributed by atoms with Crippen molar-refractivity contribution in [1.29, 1.82) is 0 Å². The smallest absolute Gasteiger partial charge is 0.317 e. The number of urea groups is 1. The molecule has 0 fully saturated rings. The van der Waals surface area contributed by atoms with Crippen molar-refractivity contribution in [3.8, 4) is 0 Å². The molecule has 1 atom stereocenters. The van der Waals surface area contributed by atoms with E-state index in [1.165, 1.54) is 17.0 Å². The molecule has 0 saturated carbocycles. The van der Waals surface area contributed by atoms with Crippen LogP contribution in [0.5, 0.6) is 0 Å². The van der Waals surface area contributed by atoms with Gasteiger partial charge in [0.15, 0.2) is 0 Å². The SMILES string of the molecule is CCC(C)(CNC(=O)N(C)Cc1cccc(F)c1)C(=O)O. The van der Waals surface area contributed by atoms with Crippen molar-refractivity contribution in [2.45, 2.75) is 26.8 Å². The Hall–Kier alpha value is -2.11. The summed E-state index contributed by atoms with van der Waals surface area (Å²) in [6, 6.07) is 5.61. The number of benzene rings is 1. The number of nitrogens with zero attached hydrogens (tertiary/aromatic N) is 1. The maximum Gasteiger partial charge on any atom is 0.317 e. The predicted octanol–water partition coefficient (Wildman–Crippen LogP) is 2.47. The second kappa shape index (κ2) is 7.06. The van der Waals surface area contributed by atoms with Crippen LogP contribution in [0, 0.1) is 11.2 Å². The molecule has 0 heterocycles. The number of carboxylic acid groups (broad SMARTS) is 1. The maximum absolute atomic E-state index is 13.1. The minimum absolute atomic E-state index is 0.0468. The number of halogens is 1. The molecule has 6 heteroatoms. The van der Waals surface area contributed by atoms with Gasteiger partial charge in [0.25, 0.3) is 0 Å². The molecule has 1 rings (SSSR count). The average molecular weight is 296 g/mol. The average Bonchev–Trinajstić information content (AvgIpc) is 2.44. The quantitative estimate of drug-likeness (QED) is 0.847. The van der Waals surface area contributed by atoms with Crippen LogP contribution < -0.4 is 5.32 Å². The number of carbonyl (C=O) groups is 2. The predicted molar refractivity (Wildman–Crippen MR) is 77.3 cm³/mol. The molecule has 0 aliphatic carbocycles. The third-order valence-corrected chi connectivity index (χ3v) is 3.58. The molecule has 1 aromatic carbocycles. The highest BCUT2D eigenvalue weighted by molar-refractivity contribution is 5.77. The molecule has 1 unspecified atom stereocenters. The van der Waals surface area contributed by atoms with Gasteiger partial charge in [0.1, 0.15) is 5.82 Å². The Labute approximate surface area is 123 Å². The molecule has 0 radical (unpaired) electrons. The van der Waals surface area contributed by atoms with E-state index in [2.05, 4.69) is 5.32 Å². The molecule has 0 aromatic heterocycles. The number of hydrogen-bond donors (Lipinski definition) is 2. The molecule has 0 aliphatic heterocycles. The van der Waals surface area contributed by atoms with Gasteiger partial charge in [-0.05, 0) is 31.0 Å². The van der Waals surface area contributed by atoms with E-state index in [0.29, 0.717) is 12.0 Å². The van der Waals surface area contributed by atoms with Crippen molar-refractivity contribution < 1.29 is 19.1 Å². The van der Waals surface area contributed by atoms with E-state index < -0.39 is 11.4 Å². The van der Waals surface area contributed by atoms with E-state index in [1.807, 2.05) is 0 Å². The van der Waals surface area contributed by atoms with Crippen molar-refractivity contribution in [1.82, 2.24) is 10.2 Å². The van der Waals surface area contributed by atoms with E-state index in [9.17, 15) is 14.0 Å². The number of hydrogen-bond acceptors (Lipinski definition) is 2. The number of carbonyl (C=O) groups excluding carboxylic acids is 1. The number of carboxylic acids is 1. The van der Waals surface area contributed by atoms with Crippen LogP contribution in [-0.4, -0.2) is 35.6 Å². The lowest BCUT2D eigenvalue weighted by Crippen LogP contribution is -2.45. The highest BCUT2D eigenvalue weighted by atomic mass is 19.1. The highest BCUT2D eigenvalue weighted by Crippen LogP contribution is 2.20. The fraction of sp³-hybridized carbons (Fsp3) is 0.467. The second-order valence-corrected chi connectivity index (χ2v) is 5.36. The molecule has 0 bridgehead atoms. The molecule has 0 aliphatic rings. The summed E-state index contributed by atoms with van der Waals surface area (Å²) in [7, 11) is 1.57. The Kier molecular flexibility index (Phi) is 5.69. The van der Waals surface area contributed by atoms with Crippen molar-refractivity contribution >= 4 is 12.0 Å².